The Balaban J connectivity index is 0.000000278. The molecule has 0 amide bonds. The third kappa shape index (κ3) is 17.1. The monoisotopic (exact) mass is 1190 g/mol. The van der Waals surface area contributed by atoms with Crippen molar-refractivity contribution in [3.63, 3.8) is 0 Å². The van der Waals surface area contributed by atoms with Crippen LogP contribution in [0.1, 0.15) is 102 Å². The summed E-state index contributed by atoms with van der Waals surface area (Å²) in [5, 5.41) is 0. The van der Waals surface area contributed by atoms with E-state index in [9.17, 15) is 0 Å². The van der Waals surface area contributed by atoms with Crippen LogP contribution in [0.3, 0.4) is 0 Å². The van der Waals surface area contributed by atoms with Crippen LogP contribution in [0.2, 0.25) is 0 Å². The molecule has 0 aliphatic carbocycles. The molecule has 0 atom stereocenters. The molecule has 5 heterocycles. The van der Waals surface area contributed by atoms with Crippen LogP contribution in [-0.2, 0) is 45.8 Å². The van der Waals surface area contributed by atoms with Gasteiger partial charge in [-0.3, -0.25) is 0 Å². The fraction of sp³-hybridized carbons (Fsp3) is 0.235. The molecule has 0 N–H and O–H groups in total. The molecule has 77 heavy (non-hydrogen) atoms. The van der Waals surface area contributed by atoms with Crippen molar-refractivity contribution in [1.29, 1.82) is 0 Å². The standard InChI is InChI=1S/C46H51N6.2C11H8N.Ir/c1-5-9-13-33-17-21-36(22-18-33)44-50-45(37-23-19-34(20-24-37)14-10-6-2)52-46(51-44)39-29-30-42(47-32-39)35-25-27-38(28-26-35)43-48-40(15-11-7-3)31-41(49-43)16-12-8-4;2*1-2-6-10(7-3-1)11-8-4-5-9-12-11;/h17-25,27-32H,5-16H2,1-4H3;2*1-6,8-9H;/q3*-1;+3. The maximum Gasteiger partial charge on any atom is 3.00 e. The van der Waals surface area contributed by atoms with Crippen molar-refractivity contribution in [2.24, 2.45) is 0 Å². The van der Waals surface area contributed by atoms with Crippen molar-refractivity contribution in [2.75, 3.05) is 0 Å². The summed E-state index contributed by atoms with van der Waals surface area (Å²) >= 11 is 0. The third-order valence-corrected chi connectivity index (χ3v) is 12.8. The average Bonchev–Trinajstić information content (AvgIpc) is 3.50. The molecule has 0 aliphatic rings. The van der Waals surface area contributed by atoms with Crippen LogP contribution in [0, 0.1) is 18.2 Å². The molecule has 0 saturated carbocycles. The minimum atomic E-state index is 0. The molecule has 388 valence electrons. The number of pyridine rings is 3. The molecule has 0 saturated heterocycles. The van der Waals surface area contributed by atoms with E-state index in [2.05, 4.69) is 123 Å². The number of unbranched alkanes of at least 4 members (excludes halogenated alkanes) is 4. The van der Waals surface area contributed by atoms with Gasteiger partial charge in [0.05, 0.1) is 0 Å². The Morgan fingerprint density at radius 2 is 0.766 bits per heavy atom. The maximum absolute atomic E-state index is 4.96. The second-order valence-electron chi connectivity index (χ2n) is 18.7. The van der Waals surface area contributed by atoms with Gasteiger partial charge in [0.15, 0.2) is 17.5 Å². The normalized spacial score (nSPS) is 10.6. The summed E-state index contributed by atoms with van der Waals surface area (Å²) in [6.07, 6.45) is 18.8. The third-order valence-electron chi connectivity index (χ3n) is 12.8. The van der Waals surface area contributed by atoms with E-state index in [-0.39, 0.29) is 20.1 Å². The molecule has 9 heteroatoms. The first kappa shape index (κ1) is 57.0. The minimum absolute atomic E-state index is 0. The first-order valence-electron chi connectivity index (χ1n) is 27.1. The van der Waals surface area contributed by atoms with Crippen molar-refractivity contribution in [3.05, 3.63) is 229 Å². The molecule has 0 bridgehead atoms. The Bertz CT molecular complexity index is 3000. The Labute approximate surface area is 470 Å². The first-order chi connectivity index (χ1) is 37.5. The Hall–Kier alpha value is -7.71. The molecule has 10 rings (SSSR count). The number of hydrogen-bond donors (Lipinski definition) is 0. The maximum atomic E-state index is 4.96. The number of aryl methyl sites for hydroxylation is 4. The molecule has 0 spiro atoms. The Kier molecular flexibility index (Phi) is 22.8. The van der Waals surface area contributed by atoms with Crippen LogP contribution < -0.4 is 0 Å². The molecular formula is C68H67IrN8. The quantitative estimate of drug-likeness (QED) is 0.0738. The number of nitrogens with zero attached hydrogens (tertiary/aromatic N) is 8. The average molecular weight is 1190 g/mol. The molecule has 5 aromatic carbocycles. The van der Waals surface area contributed by atoms with Gasteiger partial charge < -0.3 is 15.0 Å². The predicted molar refractivity (Wildman–Crippen MR) is 311 cm³/mol. The van der Waals surface area contributed by atoms with Gasteiger partial charge in [-0.1, -0.05) is 144 Å². The van der Waals surface area contributed by atoms with E-state index in [4.69, 9.17) is 29.9 Å². The van der Waals surface area contributed by atoms with E-state index in [1.54, 1.807) is 12.4 Å². The van der Waals surface area contributed by atoms with Gasteiger partial charge in [0.2, 0.25) is 0 Å². The van der Waals surface area contributed by atoms with E-state index in [0.29, 0.717) is 17.5 Å². The zero-order chi connectivity index (χ0) is 52.6. The summed E-state index contributed by atoms with van der Waals surface area (Å²) in [6.45, 7) is 8.88. The fourth-order valence-corrected chi connectivity index (χ4v) is 8.38. The summed E-state index contributed by atoms with van der Waals surface area (Å²) in [6, 6.07) is 66.7. The van der Waals surface area contributed by atoms with Crippen LogP contribution in [-0.4, -0.2) is 39.9 Å². The second kappa shape index (κ2) is 30.7. The van der Waals surface area contributed by atoms with Crippen molar-refractivity contribution >= 4 is 0 Å². The van der Waals surface area contributed by atoms with Crippen LogP contribution >= 0.6 is 0 Å². The molecule has 5 aromatic heterocycles. The van der Waals surface area contributed by atoms with Crippen LogP contribution in [0.4, 0.5) is 0 Å². The molecule has 0 fully saturated rings. The van der Waals surface area contributed by atoms with Crippen LogP contribution in [0.25, 0.3) is 79.3 Å². The molecule has 10 aromatic rings. The number of rotatable bonds is 19. The zero-order valence-electron chi connectivity index (χ0n) is 44.8. The predicted octanol–water partition coefficient (Wildman–Crippen LogP) is 16.7. The number of hydrogen-bond acceptors (Lipinski definition) is 8. The van der Waals surface area contributed by atoms with Gasteiger partial charge in [0.25, 0.3) is 0 Å². The summed E-state index contributed by atoms with van der Waals surface area (Å²) in [7, 11) is 0. The summed E-state index contributed by atoms with van der Waals surface area (Å²) in [5.41, 5.74) is 14.4. The smallest absolute Gasteiger partial charge is 0.305 e. The van der Waals surface area contributed by atoms with E-state index < -0.39 is 0 Å². The van der Waals surface area contributed by atoms with E-state index in [0.717, 1.165) is 125 Å². The van der Waals surface area contributed by atoms with Crippen molar-refractivity contribution < 1.29 is 20.1 Å². The van der Waals surface area contributed by atoms with Crippen molar-refractivity contribution in [2.45, 2.75) is 105 Å². The Morgan fingerprint density at radius 1 is 0.351 bits per heavy atom. The molecule has 8 nitrogen and oxygen atoms in total. The summed E-state index contributed by atoms with van der Waals surface area (Å²) in [5.74, 6) is 2.69. The summed E-state index contributed by atoms with van der Waals surface area (Å²) < 4.78 is 0. The summed E-state index contributed by atoms with van der Waals surface area (Å²) in [4.78, 5) is 38.0. The Morgan fingerprint density at radius 3 is 1.17 bits per heavy atom. The number of benzene rings is 5. The molecule has 0 unspecified atom stereocenters. The van der Waals surface area contributed by atoms with Gasteiger partial charge in [0.1, 0.15) is 5.82 Å². The SMILES string of the molecule is CCCCc1ccc(-c2nc(-c3ccc(CCCC)cc3)nc(-c3ccc(-c4[c-]cc(-c5nc(CCCC)cc(CCCC)n5)cc4)nc3)n2)cc1.[Ir+3].[c-]1ccccc1-c1ccccn1.[c-]1ccccc1-c1ccccn1. The molecule has 0 aliphatic heterocycles. The topological polar surface area (TPSA) is 103 Å². The van der Waals surface area contributed by atoms with Gasteiger partial charge in [-0.25, -0.2) is 24.9 Å². The van der Waals surface area contributed by atoms with Crippen LogP contribution in [0.15, 0.2) is 188 Å². The molecular weight excluding hydrogens is 1120 g/mol. The first-order valence-corrected chi connectivity index (χ1v) is 27.1. The minimum Gasteiger partial charge on any atom is -0.305 e. The molecule has 0 radical (unpaired) electrons. The van der Waals surface area contributed by atoms with Gasteiger partial charge in [-0.05, 0) is 97.8 Å². The largest absolute Gasteiger partial charge is 3.00 e. The van der Waals surface area contributed by atoms with Gasteiger partial charge in [-0.2, -0.15) is 0 Å². The van der Waals surface area contributed by atoms with Gasteiger partial charge >= 0.3 is 20.1 Å². The van der Waals surface area contributed by atoms with E-state index >= 15 is 0 Å². The van der Waals surface area contributed by atoms with Gasteiger partial charge in [-0.15, -0.1) is 102 Å². The van der Waals surface area contributed by atoms with E-state index in [1.807, 2.05) is 109 Å². The zero-order valence-corrected chi connectivity index (χ0v) is 47.2. The second-order valence-corrected chi connectivity index (χ2v) is 18.7. The van der Waals surface area contributed by atoms with Crippen molar-refractivity contribution in [3.8, 4) is 79.3 Å². The van der Waals surface area contributed by atoms with E-state index in [1.165, 1.54) is 36.8 Å². The van der Waals surface area contributed by atoms with Crippen molar-refractivity contribution in [1.82, 2.24) is 39.9 Å². The van der Waals surface area contributed by atoms with Gasteiger partial charge in [0, 0.05) is 46.7 Å². The number of aromatic nitrogens is 8. The van der Waals surface area contributed by atoms with Crippen LogP contribution in [0.5, 0.6) is 0 Å². The fourth-order valence-electron chi connectivity index (χ4n) is 8.38.